The van der Waals surface area contributed by atoms with E-state index in [-0.39, 0.29) is 0 Å². The molecule has 0 bridgehead atoms. The van der Waals surface area contributed by atoms with Gasteiger partial charge in [0.25, 0.3) is 0 Å². The summed E-state index contributed by atoms with van der Waals surface area (Å²) in [5.74, 6) is 2.16. The van der Waals surface area contributed by atoms with E-state index in [4.69, 9.17) is 0 Å². The van der Waals surface area contributed by atoms with E-state index in [2.05, 4.69) is 40.9 Å². The molecule has 0 radical (unpaired) electrons. The Labute approximate surface area is 100 Å². The van der Waals surface area contributed by atoms with Gasteiger partial charge in [-0.2, -0.15) is 0 Å². The number of hydrogen-bond acceptors (Lipinski definition) is 3. The molecule has 0 aliphatic carbocycles. The Balaban J connectivity index is 2.23. The van der Waals surface area contributed by atoms with E-state index < -0.39 is 0 Å². The normalized spacial score (nSPS) is 11.1. The number of nitrogens with one attached hydrogen (secondary N) is 1. The largest absolute Gasteiger partial charge is 0.341 e. The zero-order chi connectivity index (χ0) is 11.4. The number of aromatic amines is 1. The van der Waals surface area contributed by atoms with Crippen LogP contribution >= 0.6 is 11.8 Å². The molecule has 0 aromatic carbocycles. The highest BCUT2D eigenvalue weighted by molar-refractivity contribution is 7.99. The lowest BCUT2D eigenvalue weighted by molar-refractivity contribution is 0.860. The number of nitrogens with zero attached hydrogens (tertiary/aromatic N) is 2. The van der Waals surface area contributed by atoms with Gasteiger partial charge in [-0.3, -0.25) is 0 Å². The van der Waals surface area contributed by atoms with Crippen LogP contribution in [0.1, 0.15) is 32.5 Å². The summed E-state index contributed by atoms with van der Waals surface area (Å²) in [5, 5.41) is 1.07. The molecule has 86 valence electrons. The van der Waals surface area contributed by atoms with Crippen molar-refractivity contribution in [2.75, 3.05) is 5.75 Å². The summed E-state index contributed by atoms with van der Waals surface area (Å²) in [5.41, 5.74) is 1.90. The van der Waals surface area contributed by atoms with Crippen molar-refractivity contribution in [3.63, 3.8) is 0 Å². The minimum absolute atomic E-state index is 0.851. The number of H-pyrrole nitrogens is 1. The second-order valence-electron chi connectivity index (χ2n) is 3.80. The Morgan fingerprint density at radius 1 is 1.19 bits per heavy atom. The lowest BCUT2D eigenvalue weighted by Gasteiger charge is -1.97. The van der Waals surface area contributed by atoms with Gasteiger partial charge in [-0.05, 0) is 30.7 Å². The Morgan fingerprint density at radius 2 is 2.06 bits per heavy atom. The predicted molar refractivity (Wildman–Crippen MR) is 68.9 cm³/mol. The summed E-state index contributed by atoms with van der Waals surface area (Å²) in [7, 11) is 0. The molecule has 0 aliphatic rings. The van der Waals surface area contributed by atoms with Crippen molar-refractivity contribution in [3.05, 3.63) is 18.0 Å². The van der Waals surface area contributed by atoms with Gasteiger partial charge in [0, 0.05) is 6.42 Å². The molecule has 0 aliphatic heterocycles. The average Bonchev–Trinajstić information content (AvgIpc) is 2.68. The van der Waals surface area contributed by atoms with Crippen LogP contribution in [-0.2, 0) is 6.42 Å². The standard InChI is InChI=1S/C12H17N3S/c1-3-5-10-13-9-6-7-11(16-8-4-2)15-12(9)14-10/h6-7H,3-5,8H2,1-2H3,(H,13,14,15). The molecule has 0 atom stereocenters. The molecular weight excluding hydrogens is 218 g/mol. The first-order chi connectivity index (χ1) is 7.83. The Bertz CT molecular complexity index is 464. The predicted octanol–water partition coefficient (Wildman–Crippen LogP) is 3.41. The monoisotopic (exact) mass is 235 g/mol. The number of aryl methyl sites for hydroxylation is 1. The lowest BCUT2D eigenvalue weighted by Crippen LogP contribution is -1.85. The van der Waals surface area contributed by atoms with Crippen LogP contribution in [-0.4, -0.2) is 20.7 Å². The molecule has 0 saturated carbocycles. The van der Waals surface area contributed by atoms with Gasteiger partial charge in [0.15, 0.2) is 5.65 Å². The highest BCUT2D eigenvalue weighted by atomic mass is 32.2. The zero-order valence-corrected chi connectivity index (χ0v) is 10.6. The minimum Gasteiger partial charge on any atom is -0.341 e. The number of thioether (sulfide) groups is 1. The molecule has 3 nitrogen and oxygen atoms in total. The summed E-state index contributed by atoms with van der Waals surface area (Å²) in [6.45, 7) is 4.34. The molecular formula is C12H17N3S. The van der Waals surface area contributed by atoms with Crippen molar-refractivity contribution >= 4 is 22.9 Å². The third-order valence-electron chi connectivity index (χ3n) is 2.31. The number of hydrogen-bond donors (Lipinski definition) is 1. The summed E-state index contributed by atoms with van der Waals surface area (Å²) < 4.78 is 0. The summed E-state index contributed by atoms with van der Waals surface area (Å²) >= 11 is 1.79. The molecule has 0 unspecified atom stereocenters. The van der Waals surface area contributed by atoms with Crippen LogP contribution in [0, 0.1) is 0 Å². The second-order valence-corrected chi connectivity index (χ2v) is 4.92. The average molecular weight is 235 g/mol. The van der Waals surface area contributed by atoms with Crippen LogP contribution in [0.3, 0.4) is 0 Å². The molecule has 0 spiro atoms. The van der Waals surface area contributed by atoms with Gasteiger partial charge >= 0.3 is 0 Å². The maximum Gasteiger partial charge on any atom is 0.178 e. The third kappa shape index (κ3) is 2.55. The number of rotatable bonds is 5. The molecule has 0 saturated heterocycles. The molecule has 4 heteroatoms. The van der Waals surface area contributed by atoms with E-state index in [1.165, 1.54) is 6.42 Å². The van der Waals surface area contributed by atoms with E-state index in [9.17, 15) is 0 Å². The van der Waals surface area contributed by atoms with E-state index in [0.717, 1.165) is 40.6 Å². The SMILES string of the molecule is CCCSc1ccc2[nH]c(CCC)nc2n1. The molecule has 0 amide bonds. The van der Waals surface area contributed by atoms with Crippen LogP contribution in [0.15, 0.2) is 17.2 Å². The van der Waals surface area contributed by atoms with Crippen molar-refractivity contribution in [1.82, 2.24) is 15.0 Å². The first kappa shape index (κ1) is 11.5. The second kappa shape index (κ2) is 5.34. The van der Waals surface area contributed by atoms with E-state index in [1.807, 2.05) is 0 Å². The van der Waals surface area contributed by atoms with Crippen LogP contribution < -0.4 is 0 Å². The lowest BCUT2D eigenvalue weighted by atomic mass is 10.3. The van der Waals surface area contributed by atoms with Crippen molar-refractivity contribution in [1.29, 1.82) is 0 Å². The van der Waals surface area contributed by atoms with Gasteiger partial charge in [0.2, 0.25) is 0 Å². The fourth-order valence-corrected chi connectivity index (χ4v) is 2.30. The third-order valence-corrected chi connectivity index (χ3v) is 3.45. The van der Waals surface area contributed by atoms with Gasteiger partial charge < -0.3 is 4.98 Å². The van der Waals surface area contributed by atoms with Crippen LogP contribution in [0.2, 0.25) is 0 Å². The zero-order valence-electron chi connectivity index (χ0n) is 9.79. The first-order valence-corrected chi connectivity index (χ1v) is 6.80. The Morgan fingerprint density at radius 3 is 2.81 bits per heavy atom. The van der Waals surface area contributed by atoms with Crippen LogP contribution in [0.5, 0.6) is 0 Å². The number of imidazole rings is 1. The maximum atomic E-state index is 4.54. The highest BCUT2D eigenvalue weighted by Gasteiger charge is 2.04. The maximum absolute atomic E-state index is 4.54. The quantitative estimate of drug-likeness (QED) is 0.807. The Kier molecular flexibility index (Phi) is 3.83. The Hall–Kier alpha value is -1.03. The number of aromatic nitrogens is 3. The number of pyridine rings is 1. The van der Waals surface area contributed by atoms with E-state index in [1.54, 1.807) is 11.8 Å². The summed E-state index contributed by atoms with van der Waals surface area (Å²) in [4.78, 5) is 12.3. The molecule has 2 rings (SSSR count). The minimum atomic E-state index is 0.851. The van der Waals surface area contributed by atoms with Gasteiger partial charge in [-0.15, -0.1) is 11.8 Å². The fraction of sp³-hybridized carbons (Fsp3) is 0.500. The summed E-state index contributed by atoms with van der Waals surface area (Å²) in [6, 6.07) is 4.14. The highest BCUT2D eigenvalue weighted by Crippen LogP contribution is 2.19. The fourth-order valence-electron chi connectivity index (χ4n) is 1.57. The molecule has 16 heavy (non-hydrogen) atoms. The van der Waals surface area contributed by atoms with Gasteiger partial charge in [0.05, 0.1) is 10.5 Å². The van der Waals surface area contributed by atoms with E-state index in [0.29, 0.717) is 0 Å². The van der Waals surface area contributed by atoms with Crippen molar-refractivity contribution in [2.24, 2.45) is 0 Å². The van der Waals surface area contributed by atoms with Crippen molar-refractivity contribution in [3.8, 4) is 0 Å². The van der Waals surface area contributed by atoms with Gasteiger partial charge in [0.1, 0.15) is 5.82 Å². The van der Waals surface area contributed by atoms with Gasteiger partial charge in [-0.25, -0.2) is 9.97 Å². The summed E-state index contributed by atoms with van der Waals surface area (Å²) in [6.07, 6.45) is 3.27. The van der Waals surface area contributed by atoms with E-state index >= 15 is 0 Å². The smallest absolute Gasteiger partial charge is 0.178 e. The topological polar surface area (TPSA) is 41.6 Å². The molecule has 0 fully saturated rings. The van der Waals surface area contributed by atoms with Crippen LogP contribution in [0.4, 0.5) is 0 Å². The van der Waals surface area contributed by atoms with Gasteiger partial charge in [-0.1, -0.05) is 13.8 Å². The molecule has 2 heterocycles. The number of fused-ring (bicyclic) bond motifs is 1. The van der Waals surface area contributed by atoms with Crippen LogP contribution in [0.25, 0.3) is 11.2 Å². The molecule has 2 aromatic rings. The first-order valence-electron chi connectivity index (χ1n) is 5.82. The van der Waals surface area contributed by atoms with Crippen molar-refractivity contribution < 1.29 is 0 Å². The molecule has 2 aromatic heterocycles. The molecule has 1 N–H and O–H groups in total. The van der Waals surface area contributed by atoms with Crippen molar-refractivity contribution in [2.45, 2.75) is 38.1 Å².